The van der Waals surface area contributed by atoms with Crippen LogP contribution in [0.5, 0.6) is 0 Å². The summed E-state index contributed by atoms with van der Waals surface area (Å²) in [6.45, 7) is -0.108. The molecule has 0 aliphatic carbocycles. The Labute approximate surface area is 121 Å². The van der Waals surface area contributed by atoms with Crippen LogP contribution in [0.25, 0.3) is 0 Å². The lowest BCUT2D eigenvalue weighted by Crippen LogP contribution is -2.52. The number of aliphatic carboxylic acids is 1. The smallest absolute Gasteiger partial charge is 0.300 e. The fourth-order valence-electron chi connectivity index (χ4n) is 0.678. The number of thiol groups is 4. The van der Waals surface area contributed by atoms with Gasteiger partial charge in [0.15, 0.2) is 4.27 Å². The Kier molecular flexibility index (Phi) is 10.3. The summed E-state index contributed by atoms with van der Waals surface area (Å²) in [6, 6.07) is 0. The van der Waals surface area contributed by atoms with E-state index in [4.69, 9.17) is 20.1 Å². The van der Waals surface area contributed by atoms with Gasteiger partial charge in [-0.1, -0.05) is 0 Å². The van der Waals surface area contributed by atoms with E-state index in [1.54, 1.807) is 0 Å². The highest BCUT2D eigenvalue weighted by molar-refractivity contribution is 8.01. The van der Waals surface area contributed by atoms with Gasteiger partial charge in [-0.05, 0) is 12.9 Å². The fraction of sp³-hybridized carbons (Fsp3) is 0.857. The maximum atomic E-state index is 9.26. The molecule has 0 fully saturated rings. The summed E-state index contributed by atoms with van der Waals surface area (Å²) in [7, 11) is 0. The molecule has 1 unspecified atom stereocenters. The molecule has 0 aliphatic heterocycles. The van der Waals surface area contributed by atoms with Gasteiger partial charge in [0.2, 0.25) is 0 Å². The summed E-state index contributed by atoms with van der Waals surface area (Å²) in [5, 5.41) is 34.7. The van der Waals surface area contributed by atoms with Gasteiger partial charge in [-0.2, -0.15) is 0 Å². The van der Waals surface area contributed by atoms with Crippen LogP contribution in [-0.2, 0) is 8.98 Å². The van der Waals surface area contributed by atoms with Gasteiger partial charge < -0.3 is 20.4 Å². The van der Waals surface area contributed by atoms with E-state index < -0.39 is 34.3 Å². The summed E-state index contributed by atoms with van der Waals surface area (Å²) in [4.78, 5) is 9.00. The first-order chi connectivity index (χ1) is 7.61. The number of carboxylic acids is 1. The molecule has 6 nitrogen and oxygen atoms in total. The number of hydrogen-bond acceptors (Lipinski definition) is 9. The van der Waals surface area contributed by atoms with Crippen molar-refractivity contribution in [3.8, 4) is 0 Å². The first-order valence-electron chi connectivity index (χ1n) is 4.16. The Morgan fingerprint density at radius 1 is 1.35 bits per heavy atom. The molecular weight excluding hydrogens is 308 g/mol. The molecule has 0 aromatic carbocycles. The van der Waals surface area contributed by atoms with E-state index >= 15 is 0 Å². The highest BCUT2D eigenvalue weighted by Gasteiger charge is 2.52. The second-order valence-electron chi connectivity index (χ2n) is 3.06. The molecule has 17 heavy (non-hydrogen) atoms. The number of aliphatic hydroxyl groups excluding tert-OH is 3. The van der Waals surface area contributed by atoms with Crippen molar-refractivity contribution in [3.05, 3.63) is 0 Å². The molecule has 0 spiro atoms. The van der Waals surface area contributed by atoms with Crippen molar-refractivity contribution in [3.63, 3.8) is 0 Å². The summed E-state index contributed by atoms with van der Waals surface area (Å²) in [5.41, 5.74) is -2.85. The molecule has 0 heterocycles. The Balaban J connectivity index is 0. The van der Waals surface area contributed by atoms with Gasteiger partial charge in [0.05, 0.1) is 13.2 Å². The minimum absolute atomic E-state index is 0.596. The molecule has 0 aromatic rings. The van der Waals surface area contributed by atoms with Crippen molar-refractivity contribution in [2.24, 2.45) is 5.41 Å². The maximum Gasteiger partial charge on any atom is 0.300 e. The second-order valence-corrected chi connectivity index (χ2v) is 5.35. The van der Waals surface area contributed by atoms with Crippen molar-refractivity contribution in [2.75, 3.05) is 13.2 Å². The normalized spacial score (nSPS) is 13.6. The van der Waals surface area contributed by atoms with Gasteiger partial charge in [0.25, 0.3) is 5.97 Å². The molecule has 1 atom stereocenters. The predicted octanol–water partition coefficient (Wildman–Crippen LogP) is -0.329. The topological polar surface area (TPSA) is 107 Å². The van der Waals surface area contributed by atoms with Crippen molar-refractivity contribution in [1.29, 1.82) is 0 Å². The summed E-state index contributed by atoms with van der Waals surface area (Å²) >= 11 is 15.0. The van der Waals surface area contributed by atoms with Crippen LogP contribution >= 0.6 is 50.8 Å². The third-order valence-electron chi connectivity index (χ3n) is 1.83. The second kappa shape index (κ2) is 8.75. The van der Waals surface area contributed by atoms with Crippen molar-refractivity contribution >= 4 is 56.8 Å². The SMILES string of the molecule is CC(=O)O.OCC(CO)(C(O)S)C(S)(S)OS. The van der Waals surface area contributed by atoms with E-state index in [1.807, 2.05) is 0 Å². The quantitative estimate of drug-likeness (QED) is 0.200. The number of hydrogen-bond donors (Lipinski definition) is 8. The predicted molar refractivity (Wildman–Crippen MR) is 75.7 cm³/mol. The highest BCUT2D eigenvalue weighted by atomic mass is 32.2. The molecule has 0 bridgehead atoms. The highest BCUT2D eigenvalue weighted by Crippen LogP contribution is 2.45. The molecule has 0 saturated heterocycles. The molecule has 0 amide bonds. The first-order valence-corrected chi connectivity index (χ1v) is 5.93. The van der Waals surface area contributed by atoms with Crippen molar-refractivity contribution in [1.82, 2.24) is 0 Å². The van der Waals surface area contributed by atoms with Crippen LogP contribution in [0.1, 0.15) is 6.92 Å². The average Bonchev–Trinajstić information content (AvgIpc) is 2.18. The van der Waals surface area contributed by atoms with E-state index in [0.29, 0.717) is 0 Å². The molecule has 0 aromatic heterocycles. The number of rotatable bonds is 5. The summed E-state index contributed by atoms with van der Waals surface area (Å²) in [5.74, 6) is -0.833. The lowest BCUT2D eigenvalue weighted by atomic mass is 9.91. The Morgan fingerprint density at radius 3 is 1.71 bits per heavy atom. The number of aliphatic hydroxyl groups is 3. The van der Waals surface area contributed by atoms with Crippen molar-refractivity contribution < 1.29 is 29.4 Å². The standard InChI is InChI=1S/C5H12O4S4.C2H4O2/c6-1-4(2-7,3(8)10)5(11,12)9-13;1-2(3)4/h3,6-8,10-13H,1-2H2;1H3,(H,3,4). The third-order valence-corrected chi connectivity index (χ3v) is 3.96. The van der Waals surface area contributed by atoms with Gasteiger partial charge in [0, 0.05) is 6.92 Å². The molecular formula is C7H16O6S4. The molecule has 10 heteroatoms. The van der Waals surface area contributed by atoms with Gasteiger partial charge in [-0.15, -0.1) is 37.9 Å². The zero-order chi connectivity index (χ0) is 14.3. The first kappa shape index (κ1) is 20.0. The molecule has 0 rings (SSSR count). The van der Waals surface area contributed by atoms with Crippen LogP contribution < -0.4 is 0 Å². The minimum Gasteiger partial charge on any atom is -0.481 e. The third kappa shape index (κ3) is 5.92. The zero-order valence-electron chi connectivity index (χ0n) is 8.89. The fourth-order valence-corrected chi connectivity index (χ4v) is 1.94. The Hall–Kier alpha value is 0.710. The van der Waals surface area contributed by atoms with Crippen LogP contribution in [0.4, 0.5) is 0 Å². The lowest BCUT2D eigenvalue weighted by molar-refractivity contribution is -0.134. The minimum atomic E-state index is -1.60. The molecule has 0 saturated carbocycles. The van der Waals surface area contributed by atoms with Crippen LogP contribution in [-0.4, -0.2) is 49.3 Å². The van der Waals surface area contributed by atoms with Gasteiger partial charge in [-0.3, -0.25) is 8.98 Å². The Morgan fingerprint density at radius 2 is 1.65 bits per heavy atom. The van der Waals surface area contributed by atoms with E-state index in [2.05, 4.69) is 55.0 Å². The monoisotopic (exact) mass is 324 g/mol. The van der Waals surface area contributed by atoms with E-state index in [9.17, 15) is 5.11 Å². The van der Waals surface area contributed by atoms with E-state index in [-0.39, 0.29) is 0 Å². The number of carboxylic acid groups (broad SMARTS) is 1. The van der Waals surface area contributed by atoms with Gasteiger partial charge in [0.1, 0.15) is 10.9 Å². The Bertz CT molecular complexity index is 226. The summed E-state index contributed by atoms with van der Waals surface area (Å²) < 4.78 is 2.94. The lowest BCUT2D eigenvalue weighted by Gasteiger charge is -2.41. The molecule has 4 N–H and O–H groups in total. The largest absolute Gasteiger partial charge is 0.481 e. The van der Waals surface area contributed by atoms with Crippen LogP contribution in [0.15, 0.2) is 0 Å². The summed E-state index contributed by atoms with van der Waals surface area (Å²) in [6.07, 6.45) is 0. The van der Waals surface area contributed by atoms with Gasteiger partial charge in [-0.25, -0.2) is 0 Å². The number of carbonyl (C=O) groups is 1. The molecule has 104 valence electrons. The average molecular weight is 324 g/mol. The van der Waals surface area contributed by atoms with Crippen molar-refractivity contribution in [2.45, 2.75) is 16.6 Å². The zero-order valence-corrected chi connectivity index (χ0v) is 12.5. The van der Waals surface area contributed by atoms with E-state index in [1.165, 1.54) is 0 Å². The van der Waals surface area contributed by atoms with Crippen LogP contribution in [0, 0.1) is 5.41 Å². The molecule has 0 aliphatic rings. The van der Waals surface area contributed by atoms with E-state index in [0.717, 1.165) is 6.92 Å². The molecule has 0 radical (unpaired) electrons. The van der Waals surface area contributed by atoms with Crippen LogP contribution in [0.3, 0.4) is 0 Å². The van der Waals surface area contributed by atoms with Gasteiger partial charge >= 0.3 is 0 Å². The van der Waals surface area contributed by atoms with Crippen LogP contribution in [0.2, 0.25) is 0 Å². The maximum absolute atomic E-state index is 9.26.